The molecule has 4 N–H and O–H groups in total. The zero-order valence-electron chi connectivity index (χ0n) is 40.2. The van der Waals surface area contributed by atoms with E-state index in [1.165, 1.54) is 63.7 Å². The monoisotopic (exact) mass is 1050 g/mol. The lowest BCUT2D eigenvalue weighted by Crippen LogP contribution is -2.36. The van der Waals surface area contributed by atoms with Gasteiger partial charge in [0.2, 0.25) is 34.9 Å². The Bertz CT molecular complexity index is 2670. The second-order valence-corrected chi connectivity index (χ2v) is 17.9. The minimum atomic E-state index is -4.46. The standard InChI is InChI=1S/C21H23ClFNO5.C15H18N6O6S.C8H14ClN5/c1-2-3-6-9-28-19(25)12-29-18-11-17(16(23)10-15(18)22)24-20(26)13-7-4-5-8-14(13)21(24)27;1-21(2)13(22)9-6-5-7-16-12(9)28(24,25)20-15(23)19-14-17-10(26-3)8-11(18-14)27-4;1-4-10-7-12-6(9)13-8(14-7)11-5(2)3/h10-11H,2-9,12H2,1H3;5-8H,1-4H3,(H2,17,18,19,20,23);5H,4H2,1-3H3,(H2,10,11,12,13,14). The van der Waals surface area contributed by atoms with Gasteiger partial charge in [-0.3, -0.25) is 19.7 Å². The number of carbonyl (C=O) groups is 5. The van der Waals surface area contributed by atoms with Crippen molar-refractivity contribution in [3.8, 4) is 17.5 Å². The largest absolute Gasteiger partial charge is 0.481 e. The van der Waals surface area contributed by atoms with E-state index in [1.807, 2.05) is 27.7 Å². The average Bonchev–Trinajstić information content (AvgIpc) is 3.57. The van der Waals surface area contributed by atoms with Gasteiger partial charge in [0.25, 0.3) is 27.7 Å². The Morgan fingerprint density at radius 1 is 0.887 bits per heavy atom. The van der Waals surface area contributed by atoms with Crippen molar-refractivity contribution in [1.29, 1.82) is 0 Å². The number of nitrogens with one attached hydrogen (secondary N) is 4. The molecule has 0 saturated heterocycles. The van der Waals surface area contributed by atoms with Gasteiger partial charge in [0.05, 0.1) is 43.2 Å². The maximum absolute atomic E-state index is 14.5. The van der Waals surface area contributed by atoms with E-state index in [9.17, 15) is 36.8 Å². The molecule has 0 atom stereocenters. The fraction of sp³-hybridized carbons (Fsp3) is 0.432. The third-order valence-corrected chi connectivity index (χ3v) is 11.3. The molecule has 0 unspecified atom stereocenters. The fourth-order valence-electron chi connectivity index (χ4n) is 6.36. The van der Waals surface area contributed by atoms with E-state index in [0.29, 0.717) is 42.5 Å². The molecule has 6 rings (SSSR count). The van der Waals surface area contributed by atoms with Crippen molar-refractivity contribution in [2.24, 2.45) is 0 Å². The van der Waals surface area contributed by atoms with Crippen LogP contribution in [0.15, 0.2) is 52.7 Å². The highest BCUT2D eigenvalue weighted by atomic mass is 35.5. The Labute approximate surface area is 419 Å². The minimum Gasteiger partial charge on any atom is -0.481 e. The molecule has 384 valence electrons. The van der Waals surface area contributed by atoms with E-state index < -0.39 is 57.2 Å². The van der Waals surface area contributed by atoms with Gasteiger partial charge in [0.15, 0.2) is 11.6 Å². The number of benzene rings is 1. The normalized spacial score (nSPS) is 12.9. The van der Waals surface area contributed by atoms with Gasteiger partial charge in [-0.25, -0.2) is 28.6 Å². The number of halogens is 3. The van der Waals surface area contributed by atoms with Gasteiger partial charge in [-0.05, 0) is 82.7 Å². The first-order valence-electron chi connectivity index (χ1n) is 22.0. The number of sulfonamides is 1. The van der Waals surface area contributed by atoms with Crippen LogP contribution < -0.4 is 39.8 Å². The van der Waals surface area contributed by atoms with E-state index >= 15 is 0 Å². The van der Waals surface area contributed by atoms with E-state index in [2.05, 4.69) is 45.9 Å². The number of aromatic nitrogens is 6. The molecule has 0 spiro atoms. The van der Waals surface area contributed by atoms with Crippen molar-refractivity contribution in [3.05, 3.63) is 69.4 Å². The van der Waals surface area contributed by atoms with E-state index in [-0.39, 0.29) is 51.1 Å². The first kappa shape index (κ1) is 56.6. The number of carbonyl (C=O) groups excluding carboxylic acids is 5. The van der Waals surface area contributed by atoms with Gasteiger partial charge in [-0.1, -0.05) is 31.4 Å². The average molecular weight is 1050 g/mol. The highest BCUT2D eigenvalue weighted by Gasteiger charge is 2.41. The zero-order valence-corrected chi connectivity index (χ0v) is 42.6. The van der Waals surface area contributed by atoms with E-state index in [4.69, 9.17) is 42.1 Å². The Morgan fingerprint density at radius 3 is 2.10 bits per heavy atom. The summed E-state index contributed by atoms with van der Waals surface area (Å²) >= 11 is 11.7. The number of rotatable bonds is 18. The Kier molecular flexibility index (Phi) is 21.4. The molecule has 0 fully saturated rings. The van der Waals surface area contributed by atoms with E-state index in [0.717, 1.165) is 49.6 Å². The number of hydrogen-bond donors (Lipinski definition) is 4. The van der Waals surface area contributed by atoms with Crippen LogP contribution in [0.5, 0.6) is 17.5 Å². The van der Waals surface area contributed by atoms with E-state index in [1.54, 1.807) is 4.72 Å². The molecule has 3 aromatic heterocycles. The molecule has 5 amide bonds. The molecule has 0 bridgehead atoms. The summed E-state index contributed by atoms with van der Waals surface area (Å²) in [4.78, 5) is 86.9. The van der Waals surface area contributed by atoms with Crippen LogP contribution in [-0.2, 0) is 29.1 Å². The summed E-state index contributed by atoms with van der Waals surface area (Å²) in [5, 5.41) is 7.72. The lowest BCUT2D eigenvalue weighted by molar-refractivity contribution is -0.146. The van der Waals surface area contributed by atoms with Gasteiger partial charge in [-0.2, -0.15) is 33.3 Å². The molecular weight excluding hydrogens is 995 g/mol. The molecule has 1 aromatic carbocycles. The number of methoxy groups -OCH3 is 2. The fourth-order valence-corrected chi connectivity index (χ4v) is 7.76. The van der Waals surface area contributed by atoms with Crippen LogP contribution in [0.3, 0.4) is 0 Å². The number of amides is 5. The third-order valence-electron chi connectivity index (χ3n) is 9.56. The summed E-state index contributed by atoms with van der Waals surface area (Å²) in [5.41, 5.74) is 0.486. The van der Waals surface area contributed by atoms with Crippen LogP contribution in [0.2, 0.25) is 10.3 Å². The number of urea groups is 1. The van der Waals surface area contributed by atoms with Crippen molar-refractivity contribution in [2.75, 3.05) is 68.9 Å². The van der Waals surface area contributed by atoms with Gasteiger partial charge in [-0.15, -0.1) is 0 Å². The van der Waals surface area contributed by atoms with Crippen molar-refractivity contribution in [3.63, 3.8) is 0 Å². The predicted octanol–water partition coefficient (Wildman–Crippen LogP) is 6.21. The first-order valence-corrected chi connectivity index (χ1v) is 24.2. The number of esters is 1. The van der Waals surface area contributed by atoms with Gasteiger partial charge < -0.3 is 34.5 Å². The Hall–Kier alpha value is -6.99. The summed E-state index contributed by atoms with van der Waals surface area (Å²) in [6.45, 7) is 8.66. The smallest absolute Gasteiger partial charge is 0.344 e. The zero-order chi connectivity index (χ0) is 52.4. The summed E-state index contributed by atoms with van der Waals surface area (Å²) in [6, 6.07) is 5.32. The quantitative estimate of drug-likeness (QED) is 0.0489. The van der Waals surface area contributed by atoms with Crippen LogP contribution in [0.1, 0.15) is 83.0 Å². The molecule has 4 aromatic rings. The maximum atomic E-state index is 14.5. The highest BCUT2D eigenvalue weighted by Crippen LogP contribution is 2.39. The summed E-state index contributed by atoms with van der Waals surface area (Å²) < 4.78 is 61.7. The van der Waals surface area contributed by atoms with Crippen LogP contribution in [0.4, 0.5) is 32.7 Å². The number of nitrogens with zero attached hydrogens (tertiary/aromatic N) is 8. The van der Waals surface area contributed by atoms with Crippen LogP contribution in [0, 0.1) is 5.82 Å². The molecule has 1 aliphatic carbocycles. The van der Waals surface area contributed by atoms with Crippen molar-refractivity contribution >= 4 is 86.5 Å². The molecule has 4 heterocycles. The predicted molar refractivity (Wildman–Crippen MR) is 260 cm³/mol. The number of pyridine rings is 1. The second-order valence-electron chi connectivity index (χ2n) is 15.5. The third kappa shape index (κ3) is 16.3. The molecule has 71 heavy (non-hydrogen) atoms. The molecule has 2 aliphatic rings. The summed E-state index contributed by atoms with van der Waals surface area (Å²) in [7, 11) is 1.15. The minimum absolute atomic E-state index is 0.000883. The molecule has 0 radical (unpaired) electrons. The number of ether oxygens (including phenoxy) is 4. The maximum Gasteiger partial charge on any atom is 0.344 e. The van der Waals surface area contributed by atoms with Crippen molar-refractivity contribution in [2.45, 2.75) is 83.7 Å². The Morgan fingerprint density at radius 2 is 1.52 bits per heavy atom. The van der Waals surface area contributed by atoms with Crippen LogP contribution >= 0.6 is 23.2 Å². The van der Waals surface area contributed by atoms with Crippen molar-refractivity contribution in [1.82, 2.24) is 39.5 Å². The molecule has 0 saturated carbocycles. The Balaban J connectivity index is 0.000000245. The van der Waals surface area contributed by atoms with Gasteiger partial charge in [0, 0.05) is 50.1 Å². The number of unbranched alkanes of at least 4 members (excludes halogenated alkanes) is 2. The molecular formula is C44H55Cl2FN12O11S. The van der Waals surface area contributed by atoms with Gasteiger partial charge >= 0.3 is 12.0 Å². The number of anilines is 4. The second kappa shape index (κ2) is 26.8. The molecule has 1 aliphatic heterocycles. The van der Waals surface area contributed by atoms with Crippen molar-refractivity contribution < 1.29 is 55.7 Å². The first-order chi connectivity index (χ1) is 33.7. The number of imide groups is 1. The highest BCUT2D eigenvalue weighted by molar-refractivity contribution is 7.90. The van der Waals surface area contributed by atoms with Gasteiger partial charge in [0.1, 0.15) is 11.6 Å². The molecule has 23 nitrogen and oxygen atoms in total. The topological polar surface area (TPSA) is 288 Å². The number of hydrogen-bond acceptors (Lipinski definition) is 19. The van der Waals surface area contributed by atoms with Crippen LogP contribution in [-0.4, -0.2) is 127 Å². The molecule has 27 heteroatoms. The summed E-state index contributed by atoms with van der Waals surface area (Å²) in [5.74, 6) is -2.07. The van der Waals surface area contributed by atoms with Crippen LogP contribution in [0.25, 0.3) is 0 Å². The lowest BCUT2D eigenvalue weighted by atomic mass is 9.93. The SMILES string of the molecule is CCCCCOC(=O)COc1cc(N2C(=O)C3=C(CCCC3)C2=O)c(F)cc1Cl.CCNc1nc(Cl)nc(NC(C)C)n1.COc1cc(OC)nc(NC(=O)NS(=O)(=O)c2ncccc2C(=O)N(C)C)n1. The summed E-state index contributed by atoms with van der Waals surface area (Å²) in [6.07, 6.45) is 6.59. The lowest BCUT2D eigenvalue weighted by Gasteiger charge is -2.18.